The molecule has 0 atom stereocenters. The van der Waals surface area contributed by atoms with E-state index < -0.39 is 16.8 Å². The van der Waals surface area contributed by atoms with E-state index in [-0.39, 0.29) is 11.1 Å². The summed E-state index contributed by atoms with van der Waals surface area (Å²) in [7, 11) is 0. The Labute approximate surface area is 78.4 Å². The quantitative estimate of drug-likeness (QED) is 0.427. The zero-order valence-corrected chi connectivity index (χ0v) is 7.44. The second-order valence-corrected chi connectivity index (χ2v) is 2.83. The molecule has 0 unspecified atom stereocenters. The summed E-state index contributed by atoms with van der Waals surface area (Å²) in [4.78, 5) is 0. The van der Waals surface area contributed by atoms with Gasteiger partial charge in [0.25, 0.3) is 0 Å². The van der Waals surface area contributed by atoms with E-state index in [9.17, 15) is 8.78 Å². The van der Waals surface area contributed by atoms with Gasteiger partial charge in [0.15, 0.2) is 5.17 Å². The lowest BCUT2D eigenvalue weighted by molar-refractivity contribution is 0.320. The number of hydrogen-bond acceptors (Lipinski definition) is 2. The van der Waals surface area contributed by atoms with Crippen LogP contribution < -0.4 is 0 Å². The van der Waals surface area contributed by atoms with Gasteiger partial charge in [-0.05, 0) is 24.6 Å². The number of benzene rings is 1. The van der Waals surface area contributed by atoms with Crippen LogP contribution in [0, 0.1) is 18.6 Å². The van der Waals surface area contributed by atoms with E-state index in [2.05, 4.69) is 5.16 Å². The highest BCUT2D eigenvalue weighted by Gasteiger charge is 2.11. The third-order valence-corrected chi connectivity index (χ3v) is 1.84. The predicted molar refractivity (Wildman–Crippen MR) is 45.3 cm³/mol. The van der Waals surface area contributed by atoms with E-state index in [1.807, 2.05) is 0 Å². The fourth-order valence-corrected chi connectivity index (χ4v) is 1.00. The van der Waals surface area contributed by atoms with Crippen molar-refractivity contribution < 1.29 is 14.0 Å². The van der Waals surface area contributed by atoms with Crippen LogP contribution in [-0.4, -0.2) is 10.4 Å². The largest absolute Gasteiger partial charge is 0.410 e. The number of hydrogen-bond donors (Lipinski definition) is 1. The molecular formula is C8H6ClF2NO. The molecule has 1 rings (SSSR count). The van der Waals surface area contributed by atoms with Gasteiger partial charge in [0.2, 0.25) is 0 Å². The van der Waals surface area contributed by atoms with Crippen LogP contribution in [0.2, 0.25) is 0 Å². The Kier molecular flexibility index (Phi) is 2.83. The summed E-state index contributed by atoms with van der Waals surface area (Å²) in [6.45, 7) is 1.42. The Morgan fingerprint density at radius 2 is 2.00 bits per heavy atom. The Balaban J connectivity index is 3.32. The van der Waals surface area contributed by atoms with Gasteiger partial charge in [-0.3, -0.25) is 0 Å². The zero-order chi connectivity index (χ0) is 10.0. The summed E-state index contributed by atoms with van der Waals surface area (Å²) in [5.74, 6) is -1.32. The minimum Gasteiger partial charge on any atom is -0.410 e. The van der Waals surface area contributed by atoms with E-state index >= 15 is 0 Å². The predicted octanol–water partition coefficient (Wildman–Crippen LogP) is 2.65. The van der Waals surface area contributed by atoms with Gasteiger partial charge in [0, 0.05) is 0 Å². The smallest absolute Gasteiger partial charge is 0.178 e. The van der Waals surface area contributed by atoms with Gasteiger partial charge in [0.05, 0.1) is 5.56 Å². The maximum atomic E-state index is 13.0. The third-order valence-electron chi connectivity index (χ3n) is 1.56. The second kappa shape index (κ2) is 3.70. The Morgan fingerprint density at radius 1 is 1.38 bits per heavy atom. The molecule has 0 saturated heterocycles. The molecular weight excluding hydrogens is 200 g/mol. The number of oxime groups is 1. The summed E-state index contributed by atoms with van der Waals surface area (Å²) < 4.78 is 25.9. The lowest BCUT2D eigenvalue weighted by atomic mass is 10.1. The van der Waals surface area contributed by atoms with Crippen LogP contribution in [0.1, 0.15) is 11.1 Å². The molecule has 0 aliphatic heterocycles. The summed E-state index contributed by atoms with van der Waals surface area (Å²) in [6, 6.07) is 1.87. The molecule has 1 aromatic carbocycles. The van der Waals surface area contributed by atoms with Gasteiger partial charge in [0.1, 0.15) is 11.6 Å². The molecule has 0 aromatic heterocycles. The molecule has 0 heterocycles. The summed E-state index contributed by atoms with van der Waals surface area (Å²) in [6.07, 6.45) is 0. The van der Waals surface area contributed by atoms with E-state index in [0.717, 1.165) is 12.1 Å². The van der Waals surface area contributed by atoms with Crippen molar-refractivity contribution in [3.63, 3.8) is 0 Å². The number of halogens is 3. The number of nitrogens with zero attached hydrogens (tertiary/aromatic N) is 1. The van der Waals surface area contributed by atoms with Gasteiger partial charge in [-0.1, -0.05) is 16.8 Å². The second-order valence-electron chi connectivity index (χ2n) is 2.47. The molecule has 0 saturated carbocycles. The van der Waals surface area contributed by atoms with Gasteiger partial charge < -0.3 is 5.21 Å². The Morgan fingerprint density at radius 3 is 2.54 bits per heavy atom. The lowest BCUT2D eigenvalue weighted by Crippen LogP contribution is -1.99. The Hall–Kier alpha value is -1.16. The minimum atomic E-state index is -0.721. The van der Waals surface area contributed by atoms with Crippen molar-refractivity contribution in [1.82, 2.24) is 0 Å². The average molecular weight is 206 g/mol. The summed E-state index contributed by atoms with van der Waals surface area (Å²) in [5, 5.41) is 10.3. The summed E-state index contributed by atoms with van der Waals surface area (Å²) in [5.41, 5.74) is -0.0871. The first-order valence-corrected chi connectivity index (χ1v) is 3.77. The van der Waals surface area contributed by atoms with Crippen LogP contribution in [0.15, 0.2) is 17.3 Å². The van der Waals surface area contributed by atoms with Crippen LogP contribution in [-0.2, 0) is 0 Å². The monoisotopic (exact) mass is 205 g/mol. The van der Waals surface area contributed by atoms with E-state index in [1.165, 1.54) is 6.92 Å². The van der Waals surface area contributed by atoms with Gasteiger partial charge in [-0.15, -0.1) is 0 Å². The van der Waals surface area contributed by atoms with Crippen LogP contribution in [0.5, 0.6) is 0 Å². The van der Waals surface area contributed by atoms with Crippen molar-refractivity contribution in [1.29, 1.82) is 0 Å². The molecule has 5 heteroatoms. The fraction of sp³-hybridized carbons (Fsp3) is 0.125. The first-order chi connectivity index (χ1) is 6.06. The van der Waals surface area contributed by atoms with Gasteiger partial charge in [-0.2, -0.15) is 0 Å². The minimum absolute atomic E-state index is 0.170. The molecule has 13 heavy (non-hydrogen) atoms. The molecule has 0 radical (unpaired) electrons. The lowest BCUT2D eigenvalue weighted by Gasteiger charge is -2.01. The maximum absolute atomic E-state index is 13.0. The fourth-order valence-electron chi connectivity index (χ4n) is 0.858. The van der Waals surface area contributed by atoms with Crippen molar-refractivity contribution >= 4 is 16.8 Å². The molecule has 0 bridgehead atoms. The van der Waals surface area contributed by atoms with E-state index in [1.54, 1.807) is 0 Å². The molecule has 0 amide bonds. The highest BCUT2D eigenvalue weighted by molar-refractivity contribution is 6.69. The molecule has 0 spiro atoms. The first kappa shape index (κ1) is 9.92. The number of rotatable bonds is 1. The van der Waals surface area contributed by atoms with Gasteiger partial charge >= 0.3 is 0 Å². The number of aryl methyl sites for hydroxylation is 1. The van der Waals surface area contributed by atoms with Gasteiger partial charge in [-0.25, -0.2) is 8.78 Å². The SMILES string of the molecule is Cc1cc(F)c(/C(Cl)=N\O)cc1F. The molecule has 2 nitrogen and oxygen atoms in total. The van der Waals surface area contributed by atoms with Crippen molar-refractivity contribution in [2.24, 2.45) is 5.16 Å². The molecule has 1 aromatic rings. The Bertz CT molecular complexity index is 365. The maximum Gasteiger partial charge on any atom is 0.178 e. The highest BCUT2D eigenvalue weighted by atomic mass is 35.5. The van der Waals surface area contributed by atoms with Crippen LogP contribution in [0.3, 0.4) is 0 Å². The van der Waals surface area contributed by atoms with Crippen molar-refractivity contribution in [2.45, 2.75) is 6.92 Å². The molecule has 0 aliphatic rings. The topological polar surface area (TPSA) is 32.6 Å². The van der Waals surface area contributed by atoms with Crippen molar-refractivity contribution in [2.75, 3.05) is 0 Å². The average Bonchev–Trinajstić information content (AvgIpc) is 2.10. The van der Waals surface area contributed by atoms with Crippen LogP contribution >= 0.6 is 11.6 Å². The van der Waals surface area contributed by atoms with E-state index in [0.29, 0.717) is 0 Å². The van der Waals surface area contributed by atoms with Crippen LogP contribution in [0.25, 0.3) is 0 Å². The van der Waals surface area contributed by atoms with Crippen molar-refractivity contribution in [3.8, 4) is 0 Å². The third kappa shape index (κ3) is 1.95. The van der Waals surface area contributed by atoms with Crippen molar-refractivity contribution in [3.05, 3.63) is 34.9 Å². The highest BCUT2D eigenvalue weighted by Crippen LogP contribution is 2.16. The molecule has 1 N–H and O–H groups in total. The molecule has 0 aliphatic carbocycles. The first-order valence-electron chi connectivity index (χ1n) is 3.40. The van der Waals surface area contributed by atoms with E-state index in [4.69, 9.17) is 16.8 Å². The summed E-state index contributed by atoms with van der Waals surface area (Å²) >= 11 is 5.31. The molecule has 70 valence electrons. The molecule has 0 fully saturated rings. The standard InChI is InChI=1S/C8H6ClF2NO/c1-4-2-7(11)5(3-6(4)10)8(9)12-13/h2-3,13H,1H3/b12-8+. The zero-order valence-electron chi connectivity index (χ0n) is 6.68. The van der Waals surface area contributed by atoms with Crippen LogP contribution in [0.4, 0.5) is 8.78 Å². The normalized spacial score (nSPS) is 11.8.